The molecule has 4 aromatic rings. The van der Waals surface area contributed by atoms with Crippen molar-refractivity contribution in [3.63, 3.8) is 0 Å². The Hall–Kier alpha value is -5.26. The third-order valence-corrected chi connectivity index (χ3v) is 6.52. The highest BCUT2D eigenvalue weighted by Crippen LogP contribution is 2.19. The Morgan fingerprint density at radius 2 is 1.19 bits per heavy atom. The average Bonchev–Trinajstić information content (AvgIpc) is 3.69. The van der Waals surface area contributed by atoms with Gasteiger partial charge in [0.25, 0.3) is 11.8 Å². The number of carbonyl (C=O) groups is 4. The molecular formula is C31H33N5O7. The first kappa shape index (κ1) is 30.7. The molecule has 0 saturated carbocycles. The molecule has 224 valence electrons. The molecule has 0 unspecified atom stereocenters. The minimum atomic E-state index is -0.884. The Morgan fingerprint density at radius 3 is 1.60 bits per heavy atom. The largest absolute Gasteiger partial charge is 0.481 e. The molecule has 5 rings (SSSR count). The van der Waals surface area contributed by atoms with Gasteiger partial charge >= 0.3 is 5.97 Å². The fourth-order valence-electron chi connectivity index (χ4n) is 4.04. The van der Waals surface area contributed by atoms with E-state index in [-0.39, 0.29) is 36.3 Å². The highest BCUT2D eigenvalue weighted by molar-refractivity contribution is 5.93. The number of hydrogen-bond acceptors (Lipinski definition) is 8. The van der Waals surface area contributed by atoms with Crippen LogP contribution in [0.2, 0.25) is 0 Å². The summed E-state index contributed by atoms with van der Waals surface area (Å²) >= 11 is 0. The van der Waals surface area contributed by atoms with Crippen LogP contribution < -0.4 is 10.6 Å². The van der Waals surface area contributed by atoms with Gasteiger partial charge in [-0.25, -0.2) is 0 Å². The van der Waals surface area contributed by atoms with Crippen LogP contribution in [0.15, 0.2) is 81.8 Å². The van der Waals surface area contributed by atoms with Gasteiger partial charge in [-0.1, -0.05) is 71.0 Å². The third kappa shape index (κ3) is 9.38. The average molecular weight is 588 g/mol. The number of rotatable bonds is 12. The van der Waals surface area contributed by atoms with E-state index in [9.17, 15) is 19.2 Å². The molecule has 2 aromatic heterocycles. The number of carbonyl (C=O) groups excluding carboxylic acids is 3. The number of nitrogens with one attached hydrogen (secondary N) is 2. The summed E-state index contributed by atoms with van der Waals surface area (Å²) in [5, 5.41) is 21.6. The van der Waals surface area contributed by atoms with Crippen molar-refractivity contribution < 1.29 is 33.3 Å². The lowest BCUT2D eigenvalue weighted by molar-refractivity contribution is -0.137. The summed E-state index contributed by atoms with van der Waals surface area (Å²) in [4.78, 5) is 47.6. The normalized spacial score (nSPS) is 12.0. The topological polar surface area (TPSA) is 168 Å². The first-order valence-electron chi connectivity index (χ1n) is 14.0. The van der Waals surface area contributed by atoms with Crippen LogP contribution in [0, 0.1) is 0 Å². The first-order valence-corrected chi connectivity index (χ1v) is 14.0. The summed E-state index contributed by atoms with van der Waals surface area (Å²) < 4.78 is 10.1. The number of amides is 3. The van der Waals surface area contributed by atoms with E-state index in [1.54, 1.807) is 12.1 Å². The maximum absolute atomic E-state index is 12.0. The maximum Gasteiger partial charge on any atom is 0.303 e. The molecule has 3 N–H and O–H groups in total. The number of hydrogen-bond donors (Lipinski definition) is 3. The molecule has 2 aromatic carbocycles. The van der Waals surface area contributed by atoms with Crippen molar-refractivity contribution in [2.45, 2.75) is 32.1 Å². The Bertz CT molecular complexity index is 1500. The molecule has 12 heteroatoms. The number of benzene rings is 2. The second-order valence-corrected chi connectivity index (χ2v) is 9.73. The standard InChI is InChI=1S/C17H19N3O3.C14H14N2O4/c21-16(20-10-5-11-20)8-4-9-18-17(22)15-12-14(19-23-15)13-6-2-1-3-7-13;17-13(18)7-4-8-15-14(19)12-9-11(16-20-12)10-5-2-1-3-6-10/h1-3,6-7,12H,4-5,8-11H2,(H,18,22);1-3,5-6,9H,4,7-8H2,(H,15,19)(H,17,18). The van der Waals surface area contributed by atoms with Gasteiger partial charge in [0.05, 0.1) is 0 Å². The molecule has 1 saturated heterocycles. The van der Waals surface area contributed by atoms with Gasteiger partial charge in [-0.3, -0.25) is 19.2 Å². The van der Waals surface area contributed by atoms with Crippen LogP contribution in [0.25, 0.3) is 22.5 Å². The summed E-state index contributed by atoms with van der Waals surface area (Å²) in [6.07, 6.45) is 2.58. The molecule has 0 spiro atoms. The molecule has 43 heavy (non-hydrogen) atoms. The Labute approximate surface area is 248 Å². The molecule has 0 bridgehead atoms. The molecule has 12 nitrogen and oxygen atoms in total. The fraction of sp³-hybridized carbons (Fsp3) is 0.290. The zero-order valence-electron chi connectivity index (χ0n) is 23.5. The number of likely N-dealkylation sites (tertiary alicyclic amines) is 1. The van der Waals surface area contributed by atoms with Crippen LogP contribution >= 0.6 is 0 Å². The molecule has 3 heterocycles. The number of carboxylic acids is 1. The molecular weight excluding hydrogens is 554 g/mol. The summed E-state index contributed by atoms with van der Waals surface area (Å²) in [6.45, 7) is 2.46. The number of nitrogens with zero attached hydrogens (tertiary/aromatic N) is 3. The van der Waals surface area contributed by atoms with Crippen LogP contribution in [0.4, 0.5) is 0 Å². The van der Waals surface area contributed by atoms with Gasteiger partial charge in [-0.15, -0.1) is 0 Å². The highest BCUT2D eigenvalue weighted by atomic mass is 16.5. The second-order valence-electron chi connectivity index (χ2n) is 9.73. The van der Waals surface area contributed by atoms with Crippen LogP contribution in [0.1, 0.15) is 53.2 Å². The molecule has 1 aliphatic heterocycles. The van der Waals surface area contributed by atoms with Gasteiger partial charge < -0.3 is 29.7 Å². The highest BCUT2D eigenvalue weighted by Gasteiger charge is 2.20. The summed E-state index contributed by atoms with van der Waals surface area (Å²) in [5.41, 5.74) is 2.97. The van der Waals surface area contributed by atoms with E-state index in [0.29, 0.717) is 37.2 Å². The molecule has 0 aliphatic carbocycles. The van der Waals surface area contributed by atoms with E-state index >= 15 is 0 Å². The van der Waals surface area contributed by atoms with Gasteiger partial charge in [-0.05, 0) is 19.3 Å². The molecule has 3 amide bonds. The smallest absolute Gasteiger partial charge is 0.303 e. The van der Waals surface area contributed by atoms with Gasteiger partial charge in [0.2, 0.25) is 17.4 Å². The quantitative estimate of drug-likeness (QED) is 0.207. The lowest BCUT2D eigenvalue weighted by atomic mass is 10.1. The monoisotopic (exact) mass is 587 g/mol. The van der Waals surface area contributed by atoms with Crippen molar-refractivity contribution in [2.24, 2.45) is 0 Å². The van der Waals surface area contributed by atoms with Gasteiger partial charge in [0.1, 0.15) is 11.4 Å². The number of aliphatic carboxylic acids is 1. The predicted molar refractivity (Wildman–Crippen MR) is 156 cm³/mol. The predicted octanol–water partition coefficient (Wildman–Crippen LogP) is 4.02. The number of aromatic nitrogens is 2. The minimum absolute atomic E-state index is 0.0198. The Morgan fingerprint density at radius 1 is 0.721 bits per heavy atom. The van der Waals surface area contributed by atoms with Crippen molar-refractivity contribution in [3.8, 4) is 22.5 Å². The van der Waals surface area contributed by atoms with Crippen molar-refractivity contribution in [2.75, 3.05) is 26.2 Å². The zero-order chi connectivity index (χ0) is 30.4. The number of carboxylic acid groups (broad SMARTS) is 1. The van der Waals surface area contributed by atoms with Gasteiger partial charge in [-0.2, -0.15) is 0 Å². The van der Waals surface area contributed by atoms with Crippen molar-refractivity contribution in [1.29, 1.82) is 0 Å². The van der Waals surface area contributed by atoms with Crippen LogP contribution in [0.3, 0.4) is 0 Å². The van der Waals surface area contributed by atoms with Crippen LogP contribution in [-0.4, -0.2) is 70.2 Å². The van der Waals surface area contributed by atoms with E-state index in [1.165, 1.54) is 0 Å². The van der Waals surface area contributed by atoms with E-state index in [0.717, 1.165) is 30.6 Å². The SMILES string of the molecule is O=C(NCCCC(=O)N1CCC1)c1cc(-c2ccccc2)no1.O=C(O)CCCNC(=O)c1cc(-c2ccccc2)no1. The van der Waals surface area contributed by atoms with Crippen LogP contribution in [0.5, 0.6) is 0 Å². The lowest BCUT2D eigenvalue weighted by Crippen LogP contribution is -2.42. The first-order chi connectivity index (χ1) is 20.9. The van der Waals surface area contributed by atoms with E-state index < -0.39 is 11.9 Å². The Kier molecular flexibility index (Phi) is 11.2. The summed E-state index contributed by atoms with van der Waals surface area (Å²) in [6, 6.07) is 22.1. The van der Waals surface area contributed by atoms with Gasteiger partial charge in [0, 0.05) is 62.3 Å². The van der Waals surface area contributed by atoms with E-state index in [2.05, 4.69) is 20.9 Å². The molecule has 1 aliphatic rings. The van der Waals surface area contributed by atoms with E-state index in [4.69, 9.17) is 14.2 Å². The van der Waals surface area contributed by atoms with Crippen LogP contribution in [-0.2, 0) is 9.59 Å². The van der Waals surface area contributed by atoms with Crippen molar-refractivity contribution in [1.82, 2.24) is 25.8 Å². The minimum Gasteiger partial charge on any atom is -0.481 e. The fourth-order valence-corrected chi connectivity index (χ4v) is 4.04. The zero-order valence-corrected chi connectivity index (χ0v) is 23.5. The Balaban J connectivity index is 0.000000199. The summed E-state index contributed by atoms with van der Waals surface area (Å²) in [7, 11) is 0. The maximum atomic E-state index is 12.0. The third-order valence-electron chi connectivity index (χ3n) is 6.52. The second kappa shape index (κ2) is 15.7. The molecule has 1 fully saturated rings. The van der Waals surface area contributed by atoms with Crippen molar-refractivity contribution in [3.05, 3.63) is 84.3 Å². The van der Waals surface area contributed by atoms with Gasteiger partial charge in [0.15, 0.2) is 0 Å². The molecule has 0 atom stereocenters. The van der Waals surface area contributed by atoms with E-state index in [1.807, 2.05) is 65.6 Å². The summed E-state index contributed by atoms with van der Waals surface area (Å²) in [5.74, 6) is -1.14. The lowest BCUT2D eigenvalue weighted by Gasteiger charge is -2.30. The molecule has 0 radical (unpaired) electrons. The van der Waals surface area contributed by atoms with Crippen molar-refractivity contribution >= 4 is 23.7 Å².